The second-order valence-electron chi connectivity index (χ2n) is 6.10. The summed E-state index contributed by atoms with van der Waals surface area (Å²) >= 11 is 13.5. The fourth-order valence-corrected chi connectivity index (χ4v) is 3.48. The minimum absolute atomic E-state index is 0.227. The lowest BCUT2D eigenvalue weighted by Gasteiger charge is -2.18. The van der Waals surface area contributed by atoms with E-state index in [0.717, 1.165) is 5.56 Å². The van der Waals surface area contributed by atoms with Gasteiger partial charge in [-0.3, -0.25) is 9.59 Å². The lowest BCUT2D eigenvalue weighted by molar-refractivity contribution is -0.122. The zero-order valence-electron chi connectivity index (χ0n) is 15.3. The molecule has 0 radical (unpaired) electrons. The standard InChI is InChI=1S/C20H21Cl2FN2O2S/c1-28-11-9-18(25-19(26)16-7-4-14(21)12-17(16)22)20(27)24-10-8-13-2-5-15(23)6-3-13/h2-7,12,18H,8-11H2,1H3,(H,24,27)(H,25,26). The number of amides is 2. The Kier molecular flexibility index (Phi) is 9.09. The Labute approximate surface area is 178 Å². The highest BCUT2D eigenvalue weighted by molar-refractivity contribution is 7.98. The second-order valence-corrected chi connectivity index (χ2v) is 7.93. The Morgan fingerprint density at radius 1 is 1.14 bits per heavy atom. The molecule has 8 heteroatoms. The van der Waals surface area contributed by atoms with Crippen molar-refractivity contribution in [2.75, 3.05) is 18.6 Å². The van der Waals surface area contributed by atoms with Gasteiger partial charge in [0.25, 0.3) is 5.91 Å². The zero-order valence-corrected chi connectivity index (χ0v) is 17.6. The summed E-state index contributed by atoms with van der Waals surface area (Å²) in [6.45, 7) is 0.387. The van der Waals surface area contributed by atoms with Gasteiger partial charge in [-0.25, -0.2) is 4.39 Å². The summed E-state index contributed by atoms with van der Waals surface area (Å²) in [6.07, 6.45) is 2.99. The molecule has 2 rings (SSSR count). The molecule has 2 aromatic rings. The van der Waals surface area contributed by atoms with Crippen LogP contribution in [0.3, 0.4) is 0 Å². The minimum Gasteiger partial charge on any atom is -0.354 e. The summed E-state index contributed by atoms with van der Waals surface area (Å²) < 4.78 is 12.9. The Morgan fingerprint density at radius 2 is 1.86 bits per heavy atom. The Balaban J connectivity index is 1.95. The monoisotopic (exact) mass is 442 g/mol. The van der Waals surface area contributed by atoms with E-state index in [1.54, 1.807) is 30.0 Å². The maximum atomic E-state index is 12.9. The van der Waals surface area contributed by atoms with Gasteiger partial charge in [-0.2, -0.15) is 11.8 Å². The average Bonchev–Trinajstić information content (AvgIpc) is 2.66. The molecule has 0 fully saturated rings. The third-order valence-electron chi connectivity index (χ3n) is 4.03. The number of carbonyl (C=O) groups is 2. The molecule has 0 bridgehead atoms. The molecule has 0 aliphatic rings. The van der Waals surface area contributed by atoms with Crippen molar-refractivity contribution in [2.24, 2.45) is 0 Å². The number of halogens is 3. The van der Waals surface area contributed by atoms with E-state index in [4.69, 9.17) is 23.2 Å². The minimum atomic E-state index is -0.681. The molecule has 1 atom stereocenters. The summed E-state index contributed by atoms with van der Waals surface area (Å²) in [6, 6.07) is 10.0. The van der Waals surface area contributed by atoms with Gasteiger partial charge in [0.15, 0.2) is 0 Å². The van der Waals surface area contributed by atoms with Gasteiger partial charge in [0.05, 0.1) is 10.6 Å². The van der Waals surface area contributed by atoms with Gasteiger partial charge in [0.1, 0.15) is 11.9 Å². The summed E-state index contributed by atoms with van der Waals surface area (Å²) in [7, 11) is 0. The molecule has 28 heavy (non-hydrogen) atoms. The van der Waals surface area contributed by atoms with Crippen LogP contribution in [0.5, 0.6) is 0 Å². The van der Waals surface area contributed by atoms with Crippen LogP contribution < -0.4 is 10.6 Å². The molecular formula is C20H21Cl2FN2O2S. The Hall–Kier alpha value is -1.76. The van der Waals surface area contributed by atoms with Gasteiger partial charge < -0.3 is 10.6 Å². The molecule has 4 nitrogen and oxygen atoms in total. The lowest BCUT2D eigenvalue weighted by atomic mass is 10.1. The molecule has 1 unspecified atom stereocenters. The van der Waals surface area contributed by atoms with Crippen molar-refractivity contribution in [1.82, 2.24) is 10.6 Å². The van der Waals surface area contributed by atoms with E-state index >= 15 is 0 Å². The van der Waals surface area contributed by atoms with Gasteiger partial charge in [-0.05, 0) is 60.7 Å². The van der Waals surface area contributed by atoms with Crippen LogP contribution in [0.4, 0.5) is 4.39 Å². The highest BCUT2D eigenvalue weighted by atomic mass is 35.5. The smallest absolute Gasteiger partial charge is 0.253 e. The fourth-order valence-electron chi connectivity index (χ4n) is 2.52. The summed E-state index contributed by atoms with van der Waals surface area (Å²) in [5, 5.41) is 6.22. The van der Waals surface area contributed by atoms with Crippen LogP contribution in [0.2, 0.25) is 10.0 Å². The van der Waals surface area contributed by atoms with Crippen molar-refractivity contribution < 1.29 is 14.0 Å². The van der Waals surface area contributed by atoms with Crippen molar-refractivity contribution in [1.29, 1.82) is 0 Å². The molecular weight excluding hydrogens is 422 g/mol. The highest BCUT2D eigenvalue weighted by Gasteiger charge is 2.22. The molecule has 0 aromatic heterocycles. The van der Waals surface area contributed by atoms with Crippen molar-refractivity contribution in [3.8, 4) is 0 Å². The predicted octanol–water partition coefficient (Wildman–Crippen LogP) is 4.34. The van der Waals surface area contributed by atoms with Gasteiger partial charge >= 0.3 is 0 Å². The van der Waals surface area contributed by atoms with Crippen LogP contribution in [-0.4, -0.2) is 36.4 Å². The molecule has 2 aromatic carbocycles. The van der Waals surface area contributed by atoms with Crippen LogP contribution in [0, 0.1) is 5.82 Å². The number of hydrogen-bond acceptors (Lipinski definition) is 3. The van der Waals surface area contributed by atoms with Crippen LogP contribution in [0.1, 0.15) is 22.3 Å². The molecule has 2 N–H and O–H groups in total. The van der Waals surface area contributed by atoms with Crippen LogP contribution >= 0.6 is 35.0 Å². The average molecular weight is 443 g/mol. The first-order valence-electron chi connectivity index (χ1n) is 8.67. The normalized spacial score (nSPS) is 11.7. The number of carbonyl (C=O) groups excluding carboxylic acids is 2. The van der Waals surface area contributed by atoms with Crippen molar-refractivity contribution in [2.45, 2.75) is 18.9 Å². The van der Waals surface area contributed by atoms with E-state index < -0.39 is 11.9 Å². The molecule has 0 spiro atoms. The molecule has 0 saturated heterocycles. The Bertz CT molecular complexity index is 818. The van der Waals surface area contributed by atoms with E-state index in [-0.39, 0.29) is 22.3 Å². The summed E-state index contributed by atoms with van der Waals surface area (Å²) in [4.78, 5) is 25.1. The SMILES string of the molecule is CSCCC(NC(=O)c1ccc(Cl)cc1Cl)C(=O)NCCc1ccc(F)cc1. The summed E-state index contributed by atoms with van der Waals surface area (Å²) in [5.41, 5.74) is 1.18. The maximum absolute atomic E-state index is 12.9. The van der Waals surface area contributed by atoms with E-state index in [9.17, 15) is 14.0 Å². The highest BCUT2D eigenvalue weighted by Crippen LogP contribution is 2.21. The molecule has 0 aliphatic heterocycles. The number of benzene rings is 2. The molecule has 150 valence electrons. The largest absolute Gasteiger partial charge is 0.354 e. The van der Waals surface area contributed by atoms with E-state index in [1.807, 2.05) is 6.26 Å². The van der Waals surface area contributed by atoms with Crippen LogP contribution in [0.15, 0.2) is 42.5 Å². The van der Waals surface area contributed by atoms with Crippen molar-refractivity contribution in [3.63, 3.8) is 0 Å². The van der Waals surface area contributed by atoms with Gasteiger partial charge in [-0.1, -0.05) is 35.3 Å². The van der Waals surface area contributed by atoms with Gasteiger partial charge in [0, 0.05) is 11.6 Å². The first-order valence-corrected chi connectivity index (χ1v) is 10.8. The van der Waals surface area contributed by atoms with E-state index in [1.165, 1.54) is 24.3 Å². The van der Waals surface area contributed by atoms with E-state index in [0.29, 0.717) is 30.2 Å². The van der Waals surface area contributed by atoms with Crippen LogP contribution in [-0.2, 0) is 11.2 Å². The number of rotatable bonds is 9. The first-order chi connectivity index (χ1) is 13.4. The summed E-state index contributed by atoms with van der Waals surface area (Å²) in [5.74, 6) is -0.283. The number of nitrogens with one attached hydrogen (secondary N) is 2. The van der Waals surface area contributed by atoms with Gasteiger partial charge in [0.2, 0.25) is 5.91 Å². The van der Waals surface area contributed by atoms with Crippen LogP contribution in [0.25, 0.3) is 0 Å². The number of thioether (sulfide) groups is 1. The fraction of sp³-hybridized carbons (Fsp3) is 0.300. The van der Waals surface area contributed by atoms with Crippen molar-refractivity contribution in [3.05, 3.63) is 69.5 Å². The lowest BCUT2D eigenvalue weighted by Crippen LogP contribution is -2.47. The predicted molar refractivity (Wildman–Crippen MR) is 114 cm³/mol. The third kappa shape index (κ3) is 7.00. The number of hydrogen-bond donors (Lipinski definition) is 2. The maximum Gasteiger partial charge on any atom is 0.253 e. The zero-order chi connectivity index (χ0) is 20.5. The molecule has 0 saturated carbocycles. The van der Waals surface area contributed by atoms with Crippen molar-refractivity contribution >= 4 is 46.8 Å². The van der Waals surface area contributed by atoms with E-state index in [2.05, 4.69) is 10.6 Å². The first kappa shape index (κ1) is 22.5. The molecule has 0 heterocycles. The Morgan fingerprint density at radius 3 is 2.50 bits per heavy atom. The molecule has 0 aliphatic carbocycles. The second kappa shape index (κ2) is 11.3. The molecule has 2 amide bonds. The topological polar surface area (TPSA) is 58.2 Å². The van der Waals surface area contributed by atoms with Gasteiger partial charge in [-0.15, -0.1) is 0 Å². The quantitative estimate of drug-likeness (QED) is 0.606. The third-order valence-corrected chi connectivity index (χ3v) is 5.23.